The van der Waals surface area contributed by atoms with Crippen molar-refractivity contribution in [3.63, 3.8) is 0 Å². The van der Waals surface area contributed by atoms with E-state index in [1.807, 2.05) is 45.0 Å². The van der Waals surface area contributed by atoms with Crippen LogP contribution in [0.25, 0.3) is 0 Å². The Labute approximate surface area is 145 Å². The Hall–Kier alpha value is -2.29. The molecule has 0 aromatic heterocycles. The van der Waals surface area contributed by atoms with Crippen LogP contribution in [0.4, 0.5) is 0 Å². The Morgan fingerprint density at radius 2 is 1.50 bits per heavy atom. The van der Waals surface area contributed by atoms with E-state index in [0.717, 1.165) is 5.75 Å². The average Bonchev–Trinajstić information content (AvgIpc) is 2.45. The van der Waals surface area contributed by atoms with E-state index in [2.05, 4.69) is 38.2 Å². The zero-order chi connectivity index (χ0) is 18.0. The van der Waals surface area contributed by atoms with Gasteiger partial charge < -0.3 is 10.1 Å². The van der Waals surface area contributed by atoms with Crippen LogP contribution in [0.1, 0.15) is 57.5 Å². The highest BCUT2D eigenvalue weighted by atomic mass is 16.5. The van der Waals surface area contributed by atoms with Crippen LogP contribution in [0.3, 0.4) is 0 Å². The lowest BCUT2D eigenvalue weighted by atomic mass is 9.87. The lowest BCUT2D eigenvalue weighted by Crippen LogP contribution is -2.40. The van der Waals surface area contributed by atoms with E-state index in [0.29, 0.717) is 11.3 Å². The van der Waals surface area contributed by atoms with Gasteiger partial charge in [0.05, 0.1) is 0 Å². The van der Waals surface area contributed by atoms with Crippen LogP contribution in [0.2, 0.25) is 0 Å². The summed E-state index contributed by atoms with van der Waals surface area (Å²) in [7, 11) is 0. The number of amides is 1. The van der Waals surface area contributed by atoms with Gasteiger partial charge in [-0.05, 0) is 62.1 Å². The zero-order valence-electron chi connectivity index (χ0n) is 15.4. The molecule has 0 heterocycles. The summed E-state index contributed by atoms with van der Waals surface area (Å²) in [4.78, 5) is 12.3. The first-order chi connectivity index (χ1) is 11.0. The van der Waals surface area contributed by atoms with Crippen LogP contribution in [0.15, 0.2) is 48.5 Å². The first-order valence-electron chi connectivity index (χ1n) is 8.26. The van der Waals surface area contributed by atoms with Gasteiger partial charge in [-0.25, -0.2) is 0 Å². The largest absolute Gasteiger partial charge is 0.457 e. The number of ether oxygens (including phenoxy) is 1. The molecule has 0 saturated carbocycles. The van der Waals surface area contributed by atoms with Gasteiger partial charge in [0.2, 0.25) is 0 Å². The molecule has 0 fully saturated rings. The summed E-state index contributed by atoms with van der Waals surface area (Å²) in [5.74, 6) is 1.31. The van der Waals surface area contributed by atoms with E-state index in [1.165, 1.54) is 5.56 Å². The number of hydrogen-bond acceptors (Lipinski definition) is 2. The van der Waals surface area contributed by atoms with Crippen molar-refractivity contribution in [2.24, 2.45) is 0 Å². The fourth-order valence-electron chi connectivity index (χ4n) is 2.27. The minimum atomic E-state index is -0.267. The normalized spacial score (nSPS) is 11.9. The number of carbonyl (C=O) groups is 1. The minimum absolute atomic E-state index is 0.101. The van der Waals surface area contributed by atoms with Crippen LogP contribution >= 0.6 is 0 Å². The first-order valence-corrected chi connectivity index (χ1v) is 8.26. The molecule has 3 heteroatoms. The molecule has 0 bridgehead atoms. The summed E-state index contributed by atoms with van der Waals surface area (Å²) in [6.45, 7) is 12.4. The van der Waals surface area contributed by atoms with Crippen molar-refractivity contribution in [3.05, 3.63) is 59.7 Å². The van der Waals surface area contributed by atoms with Gasteiger partial charge in [-0.3, -0.25) is 4.79 Å². The predicted molar refractivity (Wildman–Crippen MR) is 98.9 cm³/mol. The summed E-state index contributed by atoms with van der Waals surface area (Å²) in [6, 6.07) is 15.3. The van der Waals surface area contributed by atoms with Crippen LogP contribution in [0, 0.1) is 0 Å². The molecule has 0 aliphatic heterocycles. The van der Waals surface area contributed by atoms with Crippen molar-refractivity contribution < 1.29 is 9.53 Å². The van der Waals surface area contributed by atoms with E-state index >= 15 is 0 Å². The summed E-state index contributed by atoms with van der Waals surface area (Å²) in [6.07, 6.45) is 0. The van der Waals surface area contributed by atoms with Gasteiger partial charge in [-0.15, -0.1) is 0 Å². The molecule has 1 N–H and O–H groups in total. The molecular weight excluding hydrogens is 298 g/mol. The summed E-state index contributed by atoms with van der Waals surface area (Å²) in [5, 5.41) is 2.96. The predicted octanol–water partition coefficient (Wildman–Crippen LogP) is 5.30. The van der Waals surface area contributed by atoms with Gasteiger partial charge >= 0.3 is 0 Å². The number of carbonyl (C=O) groups excluding carboxylic acids is 1. The Morgan fingerprint density at radius 1 is 0.875 bits per heavy atom. The third-order valence-corrected chi connectivity index (χ3v) is 3.54. The highest BCUT2D eigenvalue weighted by Crippen LogP contribution is 2.27. The van der Waals surface area contributed by atoms with Crippen molar-refractivity contribution in [2.45, 2.75) is 52.5 Å². The zero-order valence-corrected chi connectivity index (χ0v) is 15.4. The lowest BCUT2D eigenvalue weighted by molar-refractivity contribution is 0.0919. The second kappa shape index (κ2) is 6.68. The molecule has 128 valence electrons. The topological polar surface area (TPSA) is 38.3 Å². The molecule has 0 saturated heterocycles. The maximum absolute atomic E-state index is 12.3. The Kier molecular flexibility index (Phi) is 5.02. The van der Waals surface area contributed by atoms with Gasteiger partial charge in [-0.2, -0.15) is 0 Å². The molecule has 0 unspecified atom stereocenters. The van der Waals surface area contributed by atoms with Crippen molar-refractivity contribution in [3.8, 4) is 11.5 Å². The van der Waals surface area contributed by atoms with E-state index < -0.39 is 0 Å². The van der Waals surface area contributed by atoms with Crippen molar-refractivity contribution in [1.82, 2.24) is 5.32 Å². The van der Waals surface area contributed by atoms with E-state index in [9.17, 15) is 4.79 Å². The van der Waals surface area contributed by atoms with Crippen LogP contribution in [-0.4, -0.2) is 11.4 Å². The highest BCUT2D eigenvalue weighted by Gasteiger charge is 2.16. The monoisotopic (exact) mass is 325 g/mol. The van der Waals surface area contributed by atoms with E-state index in [-0.39, 0.29) is 16.9 Å². The van der Waals surface area contributed by atoms with Crippen LogP contribution in [0.5, 0.6) is 11.5 Å². The maximum Gasteiger partial charge on any atom is 0.251 e. The third kappa shape index (κ3) is 5.12. The molecule has 24 heavy (non-hydrogen) atoms. The Morgan fingerprint density at radius 3 is 2.04 bits per heavy atom. The van der Waals surface area contributed by atoms with Crippen LogP contribution < -0.4 is 10.1 Å². The number of benzene rings is 2. The molecule has 3 nitrogen and oxygen atoms in total. The van der Waals surface area contributed by atoms with Gasteiger partial charge in [0.15, 0.2) is 0 Å². The molecule has 2 rings (SSSR count). The molecule has 0 radical (unpaired) electrons. The van der Waals surface area contributed by atoms with Crippen molar-refractivity contribution >= 4 is 5.91 Å². The van der Waals surface area contributed by atoms with Crippen molar-refractivity contribution in [1.29, 1.82) is 0 Å². The Balaban J connectivity index is 2.13. The molecule has 0 aliphatic rings. The van der Waals surface area contributed by atoms with Gasteiger partial charge in [-0.1, -0.05) is 39.0 Å². The van der Waals surface area contributed by atoms with E-state index in [4.69, 9.17) is 4.74 Å². The van der Waals surface area contributed by atoms with Crippen molar-refractivity contribution in [2.75, 3.05) is 0 Å². The summed E-state index contributed by atoms with van der Waals surface area (Å²) >= 11 is 0. The van der Waals surface area contributed by atoms with Gasteiger partial charge in [0, 0.05) is 11.1 Å². The molecule has 2 aromatic carbocycles. The molecule has 0 atom stereocenters. The Bertz CT molecular complexity index is 704. The molecule has 0 spiro atoms. The first kappa shape index (κ1) is 18.1. The standard InChI is InChI=1S/C21H27NO2/c1-20(2,3)16-10-12-17(13-11-16)24-18-9-7-8-15(14-18)19(23)22-21(4,5)6/h7-14H,1-6H3,(H,22,23). The minimum Gasteiger partial charge on any atom is -0.457 e. The fourth-order valence-corrected chi connectivity index (χ4v) is 2.27. The van der Waals surface area contributed by atoms with Gasteiger partial charge in [0.1, 0.15) is 11.5 Å². The van der Waals surface area contributed by atoms with E-state index in [1.54, 1.807) is 12.1 Å². The summed E-state index contributed by atoms with van der Waals surface area (Å²) < 4.78 is 5.89. The average molecular weight is 325 g/mol. The number of hydrogen-bond donors (Lipinski definition) is 1. The third-order valence-electron chi connectivity index (χ3n) is 3.54. The summed E-state index contributed by atoms with van der Waals surface area (Å²) in [5.41, 5.74) is 1.70. The SMILES string of the molecule is CC(C)(C)NC(=O)c1cccc(Oc2ccc(C(C)(C)C)cc2)c1. The smallest absolute Gasteiger partial charge is 0.251 e. The number of nitrogens with one attached hydrogen (secondary N) is 1. The molecule has 0 aliphatic carbocycles. The molecule has 2 aromatic rings. The molecule has 1 amide bonds. The lowest BCUT2D eigenvalue weighted by Gasteiger charge is -2.20. The van der Waals surface area contributed by atoms with Gasteiger partial charge in [0.25, 0.3) is 5.91 Å². The number of rotatable bonds is 3. The second-order valence-corrected chi connectivity index (χ2v) is 8.11. The van der Waals surface area contributed by atoms with Crippen LogP contribution in [-0.2, 0) is 5.41 Å². The quantitative estimate of drug-likeness (QED) is 0.831. The fraction of sp³-hybridized carbons (Fsp3) is 0.381. The second-order valence-electron chi connectivity index (χ2n) is 8.11. The highest BCUT2D eigenvalue weighted by molar-refractivity contribution is 5.95. The maximum atomic E-state index is 12.3. The molecular formula is C21H27NO2.